The lowest BCUT2D eigenvalue weighted by Crippen LogP contribution is -2.37. The van der Waals surface area contributed by atoms with E-state index in [1.807, 2.05) is 54.2 Å². The highest BCUT2D eigenvalue weighted by atomic mass is 16.5. The molecule has 3 rings (SSSR count). The Bertz CT molecular complexity index is 889. The first-order valence-electron chi connectivity index (χ1n) is 9.49. The van der Waals surface area contributed by atoms with Crippen LogP contribution in [0, 0.1) is 0 Å². The highest BCUT2D eigenvalue weighted by molar-refractivity contribution is 5.79. The van der Waals surface area contributed by atoms with Gasteiger partial charge in [-0.2, -0.15) is 5.10 Å². The Morgan fingerprint density at radius 1 is 1.04 bits per heavy atom. The van der Waals surface area contributed by atoms with Crippen molar-refractivity contribution in [3.05, 3.63) is 83.7 Å². The molecule has 2 N–H and O–H groups in total. The molecule has 0 saturated heterocycles. The van der Waals surface area contributed by atoms with Gasteiger partial charge in [0.2, 0.25) is 0 Å². The largest absolute Gasteiger partial charge is 0.489 e. The molecule has 0 aliphatic heterocycles. The van der Waals surface area contributed by atoms with Crippen molar-refractivity contribution in [2.24, 2.45) is 12.0 Å². The summed E-state index contributed by atoms with van der Waals surface area (Å²) in [7, 11) is 1.93. The first-order chi connectivity index (χ1) is 13.7. The molecule has 1 aromatic heterocycles. The second kappa shape index (κ2) is 10.2. The summed E-state index contributed by atoms with van der Waals surface area (Å²) in [5.74, 6) is 1.63. The highest BCUT2D eigenvalue weighted by Gasteiger charge is 2.02. The molecule has 28 heavy (non-hydrogen) atoms. The van der Waals surface area contributed by atoms with Gasteiger partial charge in [0.1, 0.15) is 12.4 Å². The number of aromatic nitrogens is 2. The third-order valence-corrected chi connectivity index (χ3v) is 4.27. The predicted octanol–water partition coefficient (Wildman–Crippen LogP) is 3.25. The van der Waals surface area contributed by atoms with Crippen molar-refractivity contribution in [2.45, 2.75) is 26.6 Å². The second-order valence-corrected chi connectivity index (χ2v) is 6.42. The molecular weight excluding hydrogens is 350 g/mol. The fraction of sp³-hybridized carbons (Fsp3) is 0.273. The number of aryl methyl sites for hydroxylation is 1. The number of aliphatic imine (C=N–C) groups is 1. The minimum atomic E-state index is 0.558. The Morgan fingerprint density at radius 2 is 1.86 bits per heavy atom. The summed E-state index contributed by atoms with van der Waals surface area (Å²) in [6.45, 7) is 4.66. The summed E-state index contributed by atoms with van der Waals surface area (Å²) < 4.78 is 7.76. The SMILES string of the molecule is CCNC(=NCc1cccc(OCc2ccccc2)c1)NCc1ccnn1C. The van der Waals surface area contributed by atoms with Crippen LogP contribution in [0.3, 0.4) is 0 Å². The van der Waals surface area contributed by atoms with Gasteiger partial charge < -0.3 is 15.4 Å². The molecule has 0 atom stereocenters. The Morgan fingerprint density at radius 3 is 2.61 bits per heavy atom. The fourth-order valence-corrected chi connectivity index (χ4v) is 2.74. The maximum atomic E-state index is 5.91. The Balaban J connectivity index is 1.58. The van der Waals surface area contributed by atoms with Gasteiger partial charge >= 0.3 is 0 Å². The van der Waals surface area contributed by atoms with Crippen LogP contribution in [0.25, 0.3) is 0 Å². The number of nitrogens with one attached hydrogen (secondary N) is 2. The molecule has 0 aliphatic rings. The minimum Gasteiger partial charge on any atom is -0.489 e. The molecule has 1 heterocycles. The maximum absolute atomic E-state index is 5.91. The second-order valence-electron chi connectivity index (χ2n) is 6.42. The van der Waals surface area contributed by atoms with Gasteiger partial charge in [-0.15, -0.1) is 0 Å². The van der Waals surface area contributed by atoms with E-state index in [2.05, 4.69) is 45.8 Å². The lowest BCUT2D eigenvalue weighted by molar-refractivity contribution is 0.306. The van der Waals surface area contributed by atoms with Crippen LogP contribution in [0.1, 0.15) is 23.7 Å². The van der Waals surface area contributed by atoms with Gasteiger partial charge in [0.05, 0.1) is 18.8 Å². The summed E-state index contributed by atoms with van der Waals surface area (Å²) in [5, 5.41) is 10.8. The molecule has 0 saturated carbocycles. The average molecular weight is 377 g/mol. The molecule has 2 aromatic carbocycles. The molecular formula is C22H27N5O. The quantitative estimate of drug-likeness (QED) is 0.467. The third-order valence-electron chi connectivity index (χ3n) is 4.27. The smallest absolute Gasteiger partial charge is 0.191 e. The zero-order valence-corrected chi connectivity index (χ0v) is 16.4. The van der Waals surface area contributed by atoms with E-state index >= 15 is 0 Å². The van der Waals surface area contributed by atoms with E-state index in [-0.39, 0.29) is 0 Å². The maximum Gasteiger partial charge on any atom is 0.191 e. The lowest BCUT2D eigenvalue weighted by Gasteiger charge is -2.12. The van der Waals surface area contributed by atoms with Gasteiger partial charge in [0, 0.05) is 19.8 Å². The number of ether oxygens (including phenoxy) is 1. The van der Waals surface area contributed by atoms with E-state index in [4.69, 9.17) is 4.74 Å². The van der Waals surface area contributed by atoms with E-state index in [0.717, 1.165) is 35.1 Å². The summed E-state index contributed by atoms with van der Waals surface area (Å²) >= 11 is 0. The van der Waals surface area contributed by atoms with E-state index in [1.165, 1.54) is 0 Å². The van der Waals surface area contributed by atoms with Crippen LogP contribution in [-0.2, 0) is 26.7 Å². The van der Waals surface area contributed by atoms with E-state index < -0.39 is 0 Å². The van der Waals surface area contributed by atoms with Crippen molar-refractivity contribution < 1.29 is 4.74 Å². The van der Waals surface area contributed by atoms with Crippen molar-refractivity contribution >= 4 is 5.96 Å². The summed E-state index contributed by atoms with van der Waals surface area (Å²) in [4.78, 5) is 4.68. The fourth-order valence-electron chi connectivity index (χ4n) is 2.74. The number of benzene rings is 2. The first-order valence-corrected chi connectivity index (χ1v) is 9.49. The first kappa shape index (κ1) is 19.5. The zero-order valence-electron chi connectivity index (χ0n) is 16.4. The van der Waals surface area contributed by atoms with Crippen LogP contribution < -0.4 is 15.4 Å². The third kappa shape index (κ3) is 5.87. The molecule has 6 heteroatoms. The molecule has 0 spiro atoms. The van der Waals surface area contributed by atoms with Crippen molar-refractivity contribution in [3.8, 4) is 5.75 Å². The molecule has 0 amide bonds. The molecule has 0 unspecified atom stereocenters. The number of hydrogen-bond acceptors (Lipinski definition) is 3. The van der Waals surface area contributed by atoms with Crippen molar-refractivity contribution in [2.75, 3.05) is 6.54 Å². The highest BCUT2D eigenvalue weighted by Crippen LogP contribution is 2.16. The van der Waals surface area contributed by atoms with Crippen molar-refractivity contribution in [1.29, 1.82) is 0 Å². The normalized spacial score (nSPS) is 11.3. The Kier molecular flexibility index (Phi) is 7.07. The van der Waals surface area contributed by atoms with Crippen LogP contribution >= 0.6 is 0 Å². The lowest BCUT2D eigenvalue weighted by atomic mass is 10.2. The van der Waals surface area contributed by atoms with Gasteiger partial charge in [-0.05, 0) is 36.2 Å². The summed E-state index contributed by atoms with van der Waals surface area (Å²) in [6.07, 6.45) is 1.79. The molecule has 6 nitrogen and oxygen atoms in total. The van der Waals surface area contributed by atoms with Crippen molar-refractivity contribution in [1.82, 2.24) is 20.4 Å². The zero-order chi connectivity index (χ0) is 19.6. The molecule has 3 aromatic rings. The van der Waals surface area contributed by atoms with Gasteiger partial charge in [0.15, 0.2) is 5.96 Å². The van der Waals surface area contributed by atoms with E-state index in [9.17, 15) is 0 Å². The van der Waals surface area contributed by atoms with Crippen LogP contribution in [0.15, 0.2) is 71.9 Å². The molecule has 0 fully saturated rings. The van der Waals surface area contributed by atoms with Crippen LogP contribution in [0.5, 0.6) is 5.75 Å². The summed E-state index contributed by atoms with van der Waals surface area (Å²) in [6, 6.07) is 20.2. The van der Waals surface area contributed by atoms with Crippen LogP contribution in [0.2, 0.25) is 0 Å². The van der Waals surface area contributed by atoms with Crippen LogP contribution in [0.4, 0.5) is 0 Å². The number of hydrogen-bond donors (Lipinski definition) is 2. The van der Waals surface area contributed by atoms with Crippen molar-refractivity contribution in [3.63, 3.8) is 0 Å². The van der Waals surface area contributed by atoms with E-state index in [1.54, 1.807) is 6.20 Å². The molecule has 146 valence electrons. The molecule has 0 bridgehead atoms. The monoisotopic (exact) mass is 377 g/mol. The minimum absolute atomic E-state index is 0.558. The predicted molar refractivity (Wildman–Crippen MR) is 112 cm³/mol. The summed E-state index contributed by atoms with van der Waals surface area (Å²) in [5.41, 5.74) is 3.35. The number of guanidine groups is 1. The number of rotatable bonds is 8. The molecule has 0 radical (unpaired) electrons. The topological polar surface area (TPSA) is 63.5 Å². The van der Waals surface area contributed by atoms with E-state index in [0.29, 0.717) is 19.7 Å². The standard InChI is InChI=1S/C22H27N5O/c1-3-23-22(25-16-20-12-13-26-27(20)2)24-15-19-10-7-11-21(14-19)28-17-18-8-5-4-6-9-18/h4-14H,3,15-17H2,1-2H3,(H2,23,24,25). The van der Waals surface area contributed by atoms with Crippen LogP contribution in [-0.4, -0.2) is 22.3 Å². The van der Waals surface area contributed by atoms with Gasteiger partial charge in [0.25, 0.3) is 0 Å². The molecule has 0 aliphatic carbocycles. The Hall–Kier alpha value is -3.28. The van der Waals surface area contributed by atoms with Gasteiger partial charge in [-0.3, -0.25) is 4.68 Å². The van der Waals surface area contributed by atoms with Gasteiger partial charge in [-0.1, -0.05) is 42.5 Å². The average Bonchev–Trinajstić information content (AvgIpc) is 3.14. The number of nitrogens with zero attached hydrogens (tertiary/aromatic N) is 3. The Labute approximate surface area is 166 Å². The van der Waals surface area contributed by atoms with Gasteiger partial charge in [-0.25, -0.2) is 4.99 Å².